The van der Waals surface area contributed by atoms with Crippen LogP contribution in [-0.2, 0) is 0 Å². The monoisotopic (exact) mass is 236 g/mol. The maximum atomic E-state index is 9.82. The Morgan fingerprint density at radius 2 is 2.18 bits per heavy atom. The minimum absolute atomic E-state index is 0.268. The van der Waals surface area contributed by atoms with Crippen LogP contribution in [0.3, 0.4) is 0 Å². The van der Waals surface area contributed by atoms with Gasteiger partial charge < -0.3 is 5.11 Å². The number of hydrogen-bond acceptors (Lipinski definition) is 1. The first-order valence-corrected chi connectivity index (χ1v) is 6.82. The van der Waals surface area contributed by atoms with Gasteiger partial charge >= 0.3 is 0 Å². The molecule has 0 aromatic heterocycles. The summed E-state index contributed by atoms with van der Waals surface area (Å²) in [6, 6.07) is 0. The molecule has 0 bridgehead atoms. The molecule has 1 nitrogen and oxygen atoms in total. The van der Waals surface area contributed by atoms with Crippen LogP contribution in [0.4, 0.5) is 0 Å². The topological polar surface area (TPSA) is 20.2 Å². The van der Waals surface area contributed by atoms with Crippen molar-refractivity contribution in [2.24, 2.45) is 17.3 Å². The average molecular weight is 236 g/mol. The fraction of sp³-hybridized carbons (Fsp3) is 0.750. The third kappa shape index (κ3) is 3.45. The van der Waals surface area contributed by atoms with Gasteiger partial charge in [-0.3, -0.25) is 0 Å². The highest BCUT2D eigenvalue weighted by Gasteiger charge is 2.35. The van der Waals surface area contributed by atoms with Gasteiger partial charge in [-0.15, -0.1) is 0 Å². The zero-order chi connectivity index (χ0) is 13.2. The first-order valence-electron chi connectivity index (χ1n) is 6.82. The van der Waals surface area contributed by atoms with Crippen LogP contribution >= 0.6 is 0 Å². The Bertz CT molecular complexity index is 322. The molecule has 0 fully saturated rings. The Hall–Kier alpha value is -0.560. The molecule has 0 amide bonds. The maximum Gasteiger partial charge on any atom is 0.0744 e. The highest BCUT2D eigenvalue weighted by molar-refractivity contribution is 5.19. The molecule has 0 saturated carbocycles. The molecule has 0 spiro atoms. The average Bonchev–Trinajstić information content (AvgIpc) is 2.50. The van der Waals surface area contributed by atoms with E-state index in [2.05, 4.69) is 39.8 Å². The molecule has 0 aromatic rings. The van der Waals surface area contributed by atoms with Gasteiger partial charge in [-0.2, -0.15) is 0 Å². The van der Waals surface area contributed by atoms with Crippen LogP contribution in [0.2, 0.25) is 0 Å². The van der Waals surface area contributed by atoms with Crippen molar-refractivity contribution in [2.45, 2.75) is 60.5 Å². The first kappa shape index (κ1) is 14.5. The van der Waals surface area contributed by atoms with Crippen LogP contribution in [0.1, 0.15) is 54.4 Å². The number of rotatable bonds is 4. The standard InChI is InChI=1S/C16H28O/c1-7-15(17)13(4)9-12(3)14-8-11(2)10-16(14,5)6/h9-10,12,14-15,17H,7-8H2,1-6H3/b13-9+. The molecule has 17 heavy (non-hydrogen) atoms. The molecule has 1 N–H and O–H groups in total. The lowest BCUT2D eigenvalue weighted by molar-refractivity contribution is 0.202. The van der Waals surface area contributed by atoms with Crippen LogP contribution in [0.25, 0.3) is 0 Å². The lowest BCUT2D eigenvalue weighted by Crippen LogP contribution is -2.23. The Labute approximate surface area is 107 Å². The van der Waals surface area contributed by atoms with E-state index in [1.807, 2.05) is 13.8 Å². The van der Waals surface area contributed by atoms with E-state index in [1.54, 1.807) is 0 Å². The van der Waals surface area contributed by atoms with E-state index < -0.39 is 0 Å². The molecule has 98 valence electrons. The minimum Gasteiger partial charge on any atom is -0.389 e. The number of allylic oxidation sites excluding steroid dienone is 3. The quantitative estimate of drug-likeness (QED) is 0.720. The smallest absolute Gasteiger partial charge is 0.0744 e. The summed E-state index contributed by atoms with van der Waals surface area (Å²) in [7, 11) is 0. The Kier molecular flexibility index (Phi) is 4.60. The SMILES string of the molecule is CCC(O)/C(C)=C/C(C)C1CC(C)=CC1(C)C. The molecular weight excluding hydrogens is 208 g/mol. The van der Waals surface area contributed by atoms with E-state index in [1.165, 1.54) is 12.0 Å². The molecular formula is C16H28O. The predicted octanol–water partition coefficient (Wildman–Crippen LogP) is 4.33. The highest BCUT2D eigenvalue weighted by Crippen LogP contribution is 2.45. The van der Waals surface area contributed by atoms with Crippen molar-refractivity contribution in [2.75, 3.05) is 0 Å². The van der Waals surface area contributed by atoms with E-state index >= 15 is 0 Å². The van der Waals surface area contributed by atoms with Gasteiger partial charge in [0.05, 0.1) is 6.10 Å². The van der Waals surface area contributed by atoms with Crippen molar-refractivity contribution >= 4 is 0 Å². The van der Waals surface area contributed by atoms with E-state index in [0.717, 1.165) is 12.0 Å². The van der Waals surface area contributed by atoms with E-state index in [-0.39, 0.29) is 11.5 Å². The van der Waals surface area contributed by atoms with Crippen LogP contribution < -0.4 is 0 Å². The van der Waals surface area contributed by atoms with E-state index in [4.69, 9.17) is 0 Å². The van der Waals surface area contributed by atoms with Gasteiger partial charge in [-0.05, 0) is 49.5 Å². The lowest BCUT2D eigenvalue weighted by atomic mass is 9.74. The zero-order valence-electron chi connectivity index (χ0n) is 12.2. The van der Waals surface area contributed by atoms with Gasteiger partial charge in [0, 0.05) is 0 Å². The molecule has 0 aliphatic heterocycles. The van der Waals surface area contributed by atoms with E-state index in [0.29, 0.717) is 11.8 Å². The van der Waals surface area contributed by atoms with Crippen LogP contribution in [0.5, 0.6) is 0 Å². The largest absolute Gasteiger partial charge is 0.389 e. The maximum absolute atomic E-state index is 9.82. The predicted molar refractivity (Wildman–Crippen MR) is 74.9 cm³/mol. The summed E-state index contributed by atoms with van der Waals surface area (Å²) in [6.07, 6.45) is 6.41. The van der Waals surface area contributed by atoms with Crippen LogP contribution in [0.15, 0.2) is 23.3 Å². The summed E-state index contributed by atoms with van der Waals surface area (Å²) in [6.45, 7) is 13.2. The minimum atomic E-state index is -0.268. The zero-order valence-corrected chi connectivity index (χ0v) is 12.2. The van der Waals surface area contributed by atoms with Gasteiger partial charge in [-0.25, -0.2) is 0 Å². The Morgan fingerprint density at radius 1 is 1.59 bits per heavy atom. The van der Waals surface area contributed by atoms with Crippen molar-refractivity contribution in [3.05, 3.63) is 23.3 Å². The molecule has 1 heteroatoms. The normalized spacial score (nSPS) is 27.8. The van der Waals surface area contributed by atoms with Crippen LogP contribution in [0, 0.1) is 17.3 Å². The second kappa shape index (κ2) is 5.39. The second-order valence-corrected chi connectivity index (χ2v) is 6.32. The fourth-order valence-corrected chi connectivity index (χ4v) is 3.24. The summed E-state index contributed by atoms with van der Waals surface area (Å²) in [5.41, 5.74) is 2.92. The molecule has 1 aliphatic rings. The third-order valence-corrected chi connectivity index (χ3v) is 4.19. The molecule has 0 radical (unpaired) electrons. The molecule has 0 aromatic carbocycles. The summed E-state index contributed by atoms with van der Waals surface area (Å²) >= 11 is 0. The van der Waals surface area contributed by atoms with Gasteiger partial charge in [0.15, 0.2) is 0 Å². The number of aliphatic hydroxyl groups is 1. The van der Waals surface area contributed by atoms with Crippen LogP contribution in [-0.4, -0.2) is 11.2 Å². The lowest BCUT2D eigenvalue weighted by Gasteiger charge is -2.31. The molecule has 3 unspecified atom stereocenters. The third-order valence-electron chi connectivity index (χ3n) is 4.19. The van der Waals surface area contributed by atoms with Crippen molar-refractivity contribution < 1.29 is 5.11 Å². The number of hydrogen-bond donors (Lipinski definition) is 1. The Morgan fingerprint density at radius 3 is 2.59 bits per heavy atom. The summed E-state index contributed by atoms with van der Waals surface area (Å²) < 4.78 is 0. The van der Waals surface area contributed by atoms with Gasteiger partial charge in [-0.1, -0.05) is 45.4 Å². The number of aliphatic hydroxyl groups excluding tert-OH is 1. The highest BCUT2D eigenvalue weighted by atomic mass is 16.3. The van der Waals surface area contributed by atoms with E-state index in [9.17, 15) is 5.11 Å². The summed E-state index contributed by atoms with van der Waals surface area (Å²) in [4.78, 5) is 0. The van der Waals surface area contributed by atoms with Crippen molar-refractivity contribution in [1.82, 2.24) is 0 Å². The van der Waals surface area contributed by atoms with Gasteiger partial charge in [0.1, 0.15) is 0 Å². The van der Waals surface area contributed by atoms with Crippen molar-refractivity contribution in [1.29, 1.82) is 0 Å². The summed E-state index contributed by atoms with van der Waals surface area (Å²) in [5.74, 6) is 1.20. The molecule has 3 atom stereocenters. The molecule has 1 rings (SSSR count). The summed E-state index contributed by atoms with van der Waals surface area (Å²) in [5, 5.41) is 9.82. The van der Waals surface area contributed by atoms with Crippen molar-refractivity contribution in [3.63, 3.8) is 0 Å². The first-order chi connectivity index (χ1) is 7.77. The van der Waals surface area contributed by atoms with Crippen molar-refractivity contribution in [3.8, 4) is 0 Å². The van der Waals surface area contributed by atoms with Gasteiger partial charge in [0.2, 0.25) is 0 Å². The molecule has 1 aliphatic carbocycles. The van der Waals surface area contributed by atoms with Gasteiger partial charge in [0.25, 0.3) is 0 Å². The molecule has 0 heterocycles. The Balaban J connectivity index is 2.76. The second-order valence-electron chi connectivity index (χ2n) is 6.32. The molecule has 0 saturated heterocycles. The fourth-order valence-electron chi connectivity index (χ4n) is 3.24.